The number of benzene rings is 2. The molecule has 2 aromatic carbocycles. The average molecular weight is 288 g/mol. The standard InChI is InChI=1S/C18H16N4/c1-12(2)20-18-15-10-14(13-6-4-3-5-7-13)8-9-16(15)21-22-17(18)11-19/h3-10,12H,1-2H3,(H,20,21). The van der Waals surface area contributed by atoms with Crippen LogP contribution in [0.15, 0.2) is 48.5 Å². The van der Waals surface area contributed by atoms with Crippen LogP contribution in [-0.2, 0) is 0 Å². The third-order valence-electron chi connectivity index (χ3n) is 3.41. The number of nitrogens with one attached hydrogen (secondary N) is 1. The van der Waals surface area contributed by atoms with E-state index in [1.54, 1.807) is 0 Å². The Morgan fingerprint density at radius 3 is 2.45 bits per heavy atom. The third kappa shape index (κ3) is 2.61. The van der Waals surface area contributed by atoms with Crippen LogP contribution in [0.5, 0.6) is 0 Å². The fourth-order valence-corrected chi connectivity index (χ4v) is 2.43. The lowest BCUT2D eigenvalue weighted by Crippen LogP contribution is -2.12. The Hall–Kier alpha value is -2.93. The molecule has 22 heavy (non-hydrogen) atoms. The van der Waals surface area contributed by atoms with Crippen LogP contribution in [0.2, 0.25) is 0 Å². The maximum atomic E-state index is 9.28. The first kappa shape index (κ1) is 14.0. The van der Waals surface area contributed by atoms with E-state index in [1.165, 1.54) is 0 Å². The summed E-state index contributed by atoms with van der Waals surface area (Å²) in [5.74, 6) is 0. The number of aromatic nitrogens is 2. The van der Waals surface area contributed by atoms with Crippen molar-refractivity contribution >= 4 is 16.6 Å². The van der Waals surface area contributed by atoms with Gasteiger partial charge in [0.15, 0.2) is 5.69 Å². The van der Waals surface area contributed by atoms with Gasteiger partial charge in [-0.1, -0.05) is 36.4 Å². The molecule has 1 N–H and O–H groups in total. The van der Waals surface area contributed by atoms with Gasteiger partial charge in [-0.05, 0) is 37.1 Å². The van der Waals surface area contributed by atoms with Crippen LogP contribution < -0.4 is 5.32 Å². The van der Waals surface area contributed by atoms with Gasteiger partial charge in [-0.15, -0.1) is 10.2 Å². The molecule has 0 saturated carbocycles. The molecule has 4 heteroatoms. The van der Waals surface area contributed by atoms with Gasteiger partial charge in [0.1, 0.15) is 6.07 Å². The summed E-state index contributed by atoms with van der Waals surface area (Å²) in [7, 11) is 0. The van der Waals surface area contributed by atoms with E-state index in [0.717, 1.165) is 27.7 Å². The van der Waals surface area contributed by atoms with Gasteiger partial charge in [-0.25, -0.2) is 0 Å². The van der Waals surface area contributed by atoms with Crippen molar-refractivity contribution in [3.05, 3.63) is 54.2 Å². The van der Waals surface area contributed by atoms with Crippen molar-refractivity contribution in [2.75, 3.05) is 5.32 Å². The lowest BCUT2D eigenvalue weighted by atomic mass is 10.0. The molecule has 0 amide bonds. The highest BCUT2D eigenvalue weighted by atomic mass is 15.1. The molecule has 0 radical (unpaired) electrons. The molecule has 0 aliphatic heterocycles. The van der Waals surface area contributed by atoms with Crippen molar-refractivity contribution in [3.63, 3.8) is 0 Å². The van der Waals surface area contributed by atoms with Crippen molar-refractivity contribution in [3.8, 4) is 17.2 Å². The minimum absolute atomic E-state index is 0.208. The lowest BCUT2D eigenvalue weighted by Gasteiger charge is -2.14. The highest BCUT2D eigenvalue weighted by Gasteiger charge is 2.12. The molecule has 0 fully saturated rings. The zero-order chi connectivity index (χ0) is 15.5. The van der Waals surface area contributed by atoms with Gasteiger partial charge < -0.3 is 5.32 Å². The SMILES string of the molecule is CC(C)Nc1c(C#N)nnc2ccc(-c3ccccc3)cc12. The normalized spacial score (nSPS) is 10.6. The molecule has 3 aromatic rings. The molecule has 1 aromatic heterocycles. The largest absolute Gasteiger partial charge is 0.380 e. The maximum Gasteiger partial charge on any atom is 0.186 e. The smallest absolute Gasteiger partial charge is 0.186 e. The number of hydrogen-bond acceptors (Lipinski definition) is 4. The number of nitriles is 1. The van der Waals surface area contributed by atoms with Gasteiger partial charge in [0, 0.05) is 11.4 Å². The zero-order valence-corrected chi connectivity index (χ0v) is 12.5. The summed E-state index contributed by atoms with van der Waals surface area (Å²) in [4.78, 5) is 0. The van der Waals surface area contributed by atoms with Gasteiger partial charge in [-0.2, -0.15) is 5.26 Å². The second-order valence-electron chi connectivity index (χ2n) is 5.43. The second kappa shape index (κ2) is 5.82. The van der Waals surface area contributed by atoms with E-state index in [-0.39, 0.29) is 6.04 Å². The quantitative estimate of drug-likeness (QED) is 0.791. The molecule has 0 aliphatic carbocycles. The minimum atomic E-state index is 0.208. The molecule has 0 atom stereocenters. The molecule has 1 heterocycles. The van der Waals surface area contributed by atoms with Crippen molar-refractivity contribution in [1.82, 2.24) is 10.2 Å². The summed E-state index contributed by atoms with van der Waals surface area (Å²) in [6.07, 6.45) is 0. The van der Waals surface area contributed by atoms with Crippen LogP contribution in [0.3, 0.4) is 0 Å². The van der Waals surface area contributed by atoms with Crippen LogP contribution in [0, 0.1) is 11.3 Å². The highest BCUT2D eigenvalue weighted by Crippen LogP contribution is 2.29. The molecule has 0 bridgehead atoms. The molecule has 0 spiro atoms. The third-order valence-corrected chi connectivity index (χ3v) is 3.41. The molecular formula is C18H16N4. The van der Waals surface area contributed by atoms with Crippen LogP contribution in [0.25, 0.3) is 22.0 Å². The predicted molar refractivity (Wildman–Crippen MR) is 88.4 cm³/mol. The molecular weight excluding hydrogens is 272 g/mol. The van der Waals surface area contributed by atoms with Gasteiger partial charge in [0.25, 0.3) is 0 Å². The molecule has 0 unspecified atom stereocenters. The Morgan fingerprint density at radius 2 is 1.77 bits per heavy atom. The first-order valence-electron chi connectivity index (χ1n) is 7.21. The van der Waals surface area contributed by atoms with E-state index in [9.17, 15) is 5.26 Å². The summed E-state index contributed by atoms with van der Waals surface area (Å²) in [5, 5.41) is 21.7. The lowest BCUT2D eigenvalue weighted by molar-refractivity contribution is 0.894. The number of anilines is 1. The Labute approximate surface area is 129 Å². The molecule has 3 rings (SSSR count). The van der Waals surface area contributed by atoms with Crippen LogP contribution in [-0.4, -0.2) is 16.2 Å². The highest BCUT2D eigenvalue weighted by molar-refractivity contribution is 5.95. The van der Waals surface area contributed by atoms with Crippen LogP contribution in [0.1, 0.15) is 19.5 Å². The van der Waals surface area contributed by atoms with Gasteiger partial charge in [0.05, 0.1) is 11.2 Å². The van der Waals surface area contributed by atoms with E-state index in [2.05, 4.69) is 39.8 Å². The van der Waals surface area contributed by atoms with E-state index >= 15 is 0 Å². The summed E-state index contributed by atoms with van der Waals surface area (Å²) < 4.78 is 0. The number of rotatable bonds is 3. The van der Waals surface area contributed by atoms with Crippen molar-refractivity contribution in [2.45, 2.75) is 19.9 Å². The van der Waals surface area contributed by atoms with Crippen molar-refractivity contribution in [1.29, 1.82) is 5.26 Å². The molecule has 0 aliphatic rings. The molecule has 0 saturated heterocycles. The number of hydrogen-bond donors (Lipinski definition) is 1. The summed E-state index contributed by atoms with van der Waals surface area (Å²) in [6, 6.07) is 18.5. The summed E-state index contributed by atoms with van der Waals surface area (Å²) >= 11 is 0. The van der Waals surface area contributed by atoms with E-state index < -0.39 is 0 Å². The fraction of sp³-hybridized carbons (Fsp3) is 0.167. The first-order chi connectivity index (χ1) is 10.7. The van der Waals surface area contributed by atoms with E-state index in [0.29, 0.717) is 5.69 Å². The predicted octanol–water partition coefficient (Wildman–Crippen LogP) is 3.99. The van der Waals surface area contributed by atoms with Gasteiger partial charge in [-0.3, -0.25) is 0 Å². The van der Waals surface area contributed by atoms with Crippen LogP contribution >= 0.6 is 0 Å². The van der Waals surface area contributed by atoms with Crippen molar-refractivity contribution < 1.29 is 0 Å². The van der Waals surface area contributed by atoms with Crippen LogP contribution in [0.4, 0.5) is 5.69 Å². The Balaban J connectivity index is 2.23. The molecule has 4 nitrogen and oxygen atoms in total. The summed E-state index contributed by atoms with van der Waals surface area (Å²) in [5.41, 5.74) is 4.08. The number of nitrogens with zero attached hydrogens (tertiary/aromatic N) is 3. The van der Waals surface area contributed by atoms with E-state index in [1.807, 2.05) is 44.2 Å². The zero-order valence-electron chi connectivity index (χ0n) is 12.5. The van der Waals surface area contributed by atoms with E-state index in [4.69, 9.17) is 0 Å². The summed E-state index contributed by atoms with van der Waals surface area (Å²) in [6.45, 7) is 4.07. The maximum absolute atomic E-state index is 9.28. The second-order valence-corrected chi connectivity index (χ2v) is 5.43. The Morgan fingerprint density at radius 1 is 1.00 bits per heavy atom. The minimum Gasteiger partial charge on any atom is -0.380 e. The Kier molecular flexibility index (Phi) is 3.71. The van der Waals surface area contributed by atoms with Gasteiger partial charge in [0.2, 0.25) is 0 Å². The Bertz CT molecular complexity index is 848. The first-order valence-corrected chi connectivity index (χ1v) is 7.21. The topological polar surface area (TPSA) is 61.6 Å². The average Bonchev–Trinajstić information content (AvgIpc) is 2.55. The number of fused-ring (bicyclic) bond motifs is 1. The van der Waals surface area contributed by atoms with Crippen molar-refractivity contribution in [2.24, 2.45) is 0 Å². The fourth-order valence-electron chi connectivity index (χ4n) is 2.43. The monoisotopic (exact) mass is 288 g/mol. The molecule has 108 valence electrons. The van der Waals surface area contributed by atoms with Gasteiger partial charge >= 0.3 is 0 Å².